The summed E-state index contributed by atoms with van der Waals surface area (Å²) in [6, 6.07) is 0. The first kappa shape index (κ1) is 14.5. The molecule has 0 N–H and O–H groups in total. The molecule has 4 nitrogen and oxygen atoms in total. The quantitative estimate of drug-likeness (QED) is 0.538. The van der Waals surface area contributed by atoms with E-state index in [9.17, 15) is 9.59 Å². The van der Waals surface area contributed by atoms with Crippen molar-refractivity contribution < 1.29 is 19.1 Å². The topological polar surface area (TPSA) is 52.6 Å². The Balaban J connectivity index is 2.27. The Morgan fingerprint density at radius 3 is 2.33 bits per heavy atom. The predicted octanol–water partition coefficient (Wildman–Crippen LogP) is 2.39. The zero-order valence-electron chi connectivity index (χ0n) is 10.6. The number of esters is 2. The maximum atomic E-state index is 11.6. The molecular weight excluding hydrogens is 232 g/mol. The van der Waals surface area contributed by atoms with Gasteiger partial charge in [0.15, 0.2) is 0 Å². The van der Waals surface area contributed by atoms with E-state index in [1.807, 2.05) is 0 Å². The van der Waals surface area contributed by atoms with E-state index in [1.54, 1.807) is 6.08 Å². The molecule has 0 aromatic heterocycles. The molecule has 0 amide bonds. The Labute approximate surface area is 108 Å². The normalized spacial score (nSPS) is 22.9. The molecule has 1 rings (SSSR count). The lowest BCUT2D eigenvalue weighted by Gasteiger charge is -2.26. The van der Waals surface area contributed by atoms with Crippen LogP contribution in [-0.2, 0) is 19.1 Å². The smallest absolute Gasteiger partial charge is 0.309 e. The van der Waals surface area contributed by atoms with E-state index in [4.69, 9.17) is 9.47 Å². The lowest BCUT2D eigenvalue weighted by molar-refractivity contribution is -0.153. The van der Waals surface area contributed by atoms with Crippen molar-refractivity contribution >= 4 is 11.9 Å². The molecule has 0 aromatic rings. The zero-order chi connectivity index (χ0) is 13.4. The summed E-state index contributed by atoms with van der Waals surface area (Å²) < 4.78 is 10.3. The van der Waals surface area contributed by atoms with Gasteiger partial charge in [0.2, 0.25) is 0 Å². The maximum Gasteiger partial charge on any atom is 0.309 e. The number of ether oxygens (including phenoxy) is 2. The van der Waals surface area contributed by atoms with Crippen LogP contribution in [0.3, 0.4) is 0 Å². The molecule has 0 radical (unpaired) electrons. The van der Waals surface area contributed by atoms with Crippen LogP contribution in [0.4, 0.5) is 0 Å². The van der Waals surface area contributed by atoms with Gasteiger partial charge < -0.3 is 9.47 Å². The molecule has 100 valence electrons. The van der Waals surface area contributed by atoms with Gasteiger partial charge in [-0.15, -0.1) is 6.58 Å². The van der Waals surface area contributed by atoms with Gasteiger partial charge in [0.25, 0.3) is 0 Å². The molecule has 0 aromatic carbocycles. The highest BCUT2D eigenvalue weighted by molar-refractivity contribution is 5.73. The lowest BCUT2D eigenvalue weighted by atomic mass is 9.87. The Hall–Kier alpha value is -1.58. The average molecular weight is 252 g/mol. The fourth-order valence-corrected chi connectivity index (χ4v) is 2.03. The van der Waals surface area contributed by atoms with Crippen molar-refractivity contribution in [2.24, 2.45) is 5.92 Å². The van der Waals surface area contributed by atoms with Crippen LogP contribution >= 0.6 is 0 Å². The van der Waals surface area contributed by atoms with Gasteiger partial charge in [-0.2, -0.15) is 0 Å². The molecule has 0 atom stereocenters. The molecule has 0 aliphatic heterocycles. The maximum absolute atomic E-state index is 11.6. The first-order valence-electron chi connectivity index (χ1n) is 6.25. The summed E-state index contributed by atoms with van der Waals surface area (Å²) in [5, 5.41) is 0. The molecule has 0 heterocycles. The highest BCUT2D eigenvalue weighted by Crippen LogP contribution is 2.27. The van der Waals surface area contributed by atoms with Gasteiger partial charge in [0, 0.05) is 0 Å². The minimum absolute atomic E-state index is 0.0686. The van der Waals surface area contributed by atoms with Crippen LogP contribution in [0.15, 0.2) is 25.3 Å². The third kappa shape index (κ3) is 4.73. The second-order valence-corrected chi connectivity index (χ2v) is 4.38. The van der Waals surface area contributed by atoms with E-state index in [0.29, 0.717) is 12.8 Å². The zero-order valence-corrected chi connectivity index (χ0v) is 10.6. The van der Waals surface area contributed by atoms with Crippen molar-refractivity contribution in [2.45, 2.75) is 38.2 Å². The second-order valence-electron chi connectivity index (χ2n) is 4.38. The summed E-state index contributed by atoms with van der Waals surface area (Å²) in [6.07, 6.45) is 6.11. The van der Waals surface area contributed by atoms with Crippen molar-refractivity contribution in [1.82, 2.24) is 0 Å². The summed E-state index contributed by atoms with van der Waals surface area (Å²) in [4.78, 5) is 22.9. The number of hydrogen-bond donors (Lipinski definition) is 0. The molecule has 1 fully saturated rings. The van der Waals surface area contributed by atoms with Crippen molar-refractivity contribution in [2.75, 3.05) is 6.61 Å². The van der Waals surface area contributed by atoms with E-state index in [2.05, 4.69) is 13.2 Å². The standard InChI is InChI=1S/C14H20O4/c1-3-5-13(15)18-12-8-6-11(7-9-12)14(16)17-10-4-2/h3-4,11-12H,1-2,5-10H2. The number of carbonyl (C=O) groups excluding carboxylic acids is 2. The highest BCUT2D eigenvalue weighted by Gasteiger charge is 2.28. The first-order chi connectivity index (χ1) is 8.67. The Morgan fingerprint density at radius 1 is 1.11 bits per heavy atom. The molecule has 0 saturated heterocycles. The molecule has 18 heavy (non-hydrogen) atoms. The molecule has 1 aliphatic carbocycles. The fraction of sp³-hybridized carbons (Fsp3) is 0.571. The second kappa shape index (κ2) is 7.69. The Morgan fingerprint density at radius 2 is 1.78 bits per heavy atom. The molecule has 4 heteroatoms. The van der Waals surface area contributed by atoms with Crippen LogP contribution in [0.5, 0.6) is 0 Å². The summed E-state index contributed by atoms with van der Waals surface area (Å²) in [7, 11) is 0. The summed E-state index contributed by atoms with van der Waals surface area (Å²) in [6.45, 7) is 7.24. The summed E-state index contributed by atoms with van der Waals surface area (Å²) in [5.74, 6) is -0.493. The summed E-state index contributed by atoms with van der Waals surface area (Å²) >= 11 is 0. The van der Waals surface area contributed by atoms with Crippen LogP contribution in [0.2, 0.25) is 0 Å². The molecule has 1 aliphatic rings. The molecular formula is C14H20O4. The average Bonchev–Trinajstić information content (AvgIpc) is 2.37. The third-order valence-corrected chi connectivity index (χ3v) is 2.96. The van der Waals surface area contributed by atoms with Crippen molar-refractivity contribution in [3.63, 3.8) is 0 Å². The largest absolute Gasteiger partial charge is 0.462 e. The molecule has 0 unspecified atom stereocenters. The Kier molecular flexibility index (Phi) is 6.19. The Bertz CT molecular complexity index is 314. The van der Waals surface area contributed by atoms with E-state index in [0.717, 1.165) is 12.8 Å². The van der Waals surface area contributed by atoms with Crippen LogP contribution in [0.25, 0.3) is 0 Å². The van der Waals surface area contributed by atoms with Crippen molar-refractivity contribution in [1.29, 1.82) is 0 Å². The number of hydrogen-bond acceptors (Lipinski definition) is 4. The van der Waals surface area contributed by atoms with Gasteiger partial charge in [0.1, 0.15) is 12.7 Å². The molecule has 0 spiro atoms. The minimum Gasteiger partial charge on any atom is -0.462 e. The minimum atomic E-state index is -0.248. The molecule has 1 saturated carbocycles. The van der Waals surface area contributed by atoms with E-state index in [-0.39, 0.29) is 37.0 Å². The third-order valence-electron chi connectivity index (χ3n) is 2.96. The fourth-order valence-electron chi connectivity index (χ4n) is 2.03. The van der Waals surface area contributed by atoms with E-state index >= 15 is 0 Å². The van der Waals surface area contributed by atoms with Gasteiger partial charge in [-0.1, -0.05) is 18.7 Å². The number of rotatable bonds is 6. The molecule has 0 bridgehead atoms. The number of carbonyl (C=O) groups is 2. The van der Waals surface area contributed by atoms with Crippen molar-refractivity contribution in [3.8, 4) is 0 Å². The highest BCUT2D eigenvalue weighted by atomic mass is 16.5. The van der Waals surface area contributed by atoms with Gasteiger partial charge in [0.05, 0.1) is 12.3 Å². The van der Waals surface area contributed by atoms with Gasteiger partial charge in [-0.05, 0) is 25.7 Å². The summed E-state index contributed by atoms with van der Waals surface area (Å²) in [5.41, 5.74) is 0. The van der Waals surface area contributed by atoms with Crippen molar-refractivity contribution in [3.05, 3.63) is 25.3 Å². The first-order valence-corrected chi connectivity index (χ1v) is 6.25. The lowest BCUT2D eigenvalue weighted by Crippen LogP contribution is -2.28. The van der Waals surface area contributed by atoms with Crippen LogP contribution in [0.1, 0.15) is 32.1 Å². The van der Waals surface area contributed by atoms with E-state index in [1.165, 1.54) is 6.08 Å². The van der Waals surface area contributed by atoms with Crippen LogP contribution in [0, 0.1) is 5.92 Å². The van der Waals surface area contributed by atoms with Crippen LogP contribution < -0.4 is 0 Å². The SMILES string of the molecule is C=CCOC(=O)C1CCC(OC(=O)CC=C)CC1. The van der Waals surface area contributed by atoms with Gasteiger partial charge >= 0.3 is 11.9 Å². The van der Waals surface area contributed by atoms with Gasteiger partial charge in [-0.3, -0.25) is 9.59 Å². The van der Waals surface area contributed by atoms with Gasteiger partial charge in [-0.25, -0.2) is 0 Å². The van der Waals surface area contributed by atoms with Crippen LogP contribution in [-0.4, -0.2) is 24.6 Å². The predicted molar refractivity (Wildman–Crippen MR) is 67.8 cm³/mol. The van der Waals surface area contributed by atoms with E-state index < -0.39 is 0 Å². The monoisotopic (exact) mass is 252 g/mol.